The molecule has 0 spiro atoms. The summed E-state index contributed by atoms with van der Waals surface area (Å²) in [5, 5.41) is 3.08. The largest absolute Gasteiger partial charge is 0.492 e. The zero-order chi connectivity index (χ0) is 18.1. The Balaban J connectivity index is 1.60. The first-order valence-corrected chi connectivity index (χ1v) is 7.86. The normalized spacial score (nSPS) is 10.0. The molecule has 0 aliphatic carbocycles. The number of carbonyl (C=O) groups excluding carboxylic acids is 2. The van der Waals surface area contributed by atoms with E-state index < -0.39 is 11.9 Å². The maximum absolute atomic E-state index is 12.8. The molecule has 2 rings (SSSR count). The highest BCUT2D eigenvalue weighted by atomic mass is 35.5. The van der Waals surface area contributed by atoms with Gasteiger partial charge in [0.1, 0.15) is 18.2 Å². The molecule has 0 saturated carbocycles. The molecule has 0 aromatic heterocycles. The van der Waals surface area contributed by atoms with Crippen LogP contribution in [0, 0.1) is 5.82 Å². The fraction of sp³-hybridized carbons (Fsp3) is 0.176. The predicted molar refractivity (Wildman–Crippen MR) is 91.7 cm³/mol. The van der Waals surface area contributed by atoms with Crippen LogP contribution >= 0.6 is 11.6 Å². The van der Waals surface area contributed by atoms with Gasteiger partial charge >= 0.3 is 6.03 Å². The standard InChI is InChI=1S/C17H17ClFN3O3/c18-13-2-1-3-15(11-13)25-9-8-20-17(24)22-21-16(23)10-12-4-6-14(19)7-5-12/h1-7,11H,8-10H2,(H,21,23)(H2,20,22,24). The van der Waals surface area contributed by atoms with E-state index in [1.165, 1.54) is 24.3 Å². The Hall–Kier alpha value is -2.80. The molecule has 0 atom stereocenters. The quantitative estimate of drug-likeness (QED) is 0.543. The fourth-order valence-corrected chi connectivity index (χ4v) is 2.07. The summed E-state index contributed by atoms with van der Waals surface area (Å²) in [6, 6.07) is 11.9. The van der Waals surface area contributed by atoms with E-state index in [4.69, 9.17) is 16.3 Å². The molecule has 6 nitrogen and oxygen atoms in total. The van der Waals surface area contributed by atoms with Gasteiger partial charge in [-0.25, -0.2) is 14.6 Å². The summed E-state index contributed by atoms with van der Waals surface area (Å²) in [5.74, 6) is -0.194. The number of amides is 3. The van der Waals surface area contributed by atoms with Crippen LogP contribution in [0.25, 0.3) is 0 Å². The second kappa shape index (κ2) is 9.48. The Bertz CT molecular complexity index is 725. The molecule has 8 heteroatoms. The number of urea groups is 1. The lowest BCUT2D eigenvalue weighted by atomic mass is 10.1. The Kier molecular flexibility index (Phi) is 7.03. The molecule has 0 radical (unpaired) electrons. The maximum Gasteiger partial charge on any atom is 0.333 e. The predicted octanol–water partition coefficient (Wildman–Crippen LogP) is 2.43. The van der Waals surface area contributed by atoms with E-state index in [1.54, 1.807) is 24.3 Å². The minimum Gasteiger partial charge on any atom is -0.492 e. The molecule has 0 saturated heterocycles. The average molecular weight is 366 g/mol. The van der Waals surface area contributed by atoms with Crippen molar-refractivity contribution in [1.29, 1.82) is 0 Å². The van der Waals surface area contributed by atoms with E-state index in [2.05, 4.69) is 16.2 Å². The number of ether oxygens (including phenoxy) is 1. The molecule has 0 unspecified atom stereocenters. The van der Waals surface area contributed by atoms with E-state index in [1.807, 2.05) is 0 Å². The van der Waals surface area contributed by atoms with Crippen LogP contribution in [-0.4, -0.2) is 25.1 Å². The average Bonchev–Trinajstić information content (AvgIpc) is 2.59. The molecule has 3 amide bonds. The van der Waals surface area contributed by atoms with Gasteiger partial charge in [-0.05, 0) is 35.9 Å². The number of rotatable bonds is 6. The van der Waals surface area contributed by atoms with E-state index in [-0.39, 0.29) is 25.4 Å². The summed E-state index contributed by atoms with van der Waals surface area (Å²) < 4.78 is 18.2. The first-order valence-electron chi connectivity index (χ1n) is 7.48. The second-order valence-corrected chi connectivity index (χ2v) is 5.47. The van der Waals surface area contributed by atoms with Gasteiger partial charge in [0.15, 0.2) is 0 Å². The highest BCUT2D eigenvalue weighted by Gasteiger charge is 2.05. The summed E-state index contributed by atoms with van der Waals surface area (Å²) in [5.41, 5.74) is 5.12. The van der Waals surface area contributed by atoms with Gasteiger partial charge in [0, 0.05) is 5.02 Å². The Morgan fingerprint density at radius 3 is 2.56 bits per heavy atom. The molecule has 0 heterocycles. The van der Waals surface area contributed by atoms with Gasteiger partial charge in [0.2, 0.25) is 5.91 Å². The molecular weight excluding hydrogens is 349 g/mol. The van der Waals surface area contributed by atoms with Gasteiger partial charge < -0.3 is 10.1 Å². The minimum atomic E-state index is -0.567. The van der Waals surface area contributed by atoms with Gasteiger partial charge in [-0.1, -0.05) is 29.8 Å². The van der Waals surface area contributed by atoms with E-state index in [0.29, 0.717) is 16.3 Å². The molecule has 0 fully saturated rings. The van der Waals surface area contributed by atoms with E-state index in [0.717, 1.165) is 0 Å². The number of halogens is 2. The SMILES string of the molecule is O=C(Cc1ccc(F)cc1)NNC(=O)NCCOc1cccc(Cl)c1. The number of nitrogens with one attached hydrogen (secondary N) is 3. The van der Waals surface area contributed by atoms with Crippen LogP contribution in [0.15, 0.2) is 48.5 Å². The van der Waals surface area contributed by atoms with Crippen LogP contribution in [0.5, 0.6) is 5.75 Å². The molecule has 132 valence electrons. The first kappa shape index (κ1) is 18.5. The Labute approximate surface area is 149 Å². The van der Waals surface area contributed by atoms with Crippen LogP contribution < -0.4 is 20.9 Å². The Morgan fingerprint density at radius 2 is 1.84 bits per heavy atom. The van der Waals surface area contributed by atoms with Gasteiger partial charge in [-0.2, -0.15) is 0 Å². The van der Waals surface area contributed by atoms with Crippen molar-refractivity contribution < 1.29 is 18.7 Å². The van der Waals surface area contributed by atoms with Crippen LogP contribution in [0.1, 0.15) is 5.56 Å². The molecular formula is C17H17ClFN3O3. The number of hydrogen-bond donors (Lipinski definition) is 3. The van der Waals surface area contributed by atoms with Crippen molar-refractivity contribution in [1.82, 2.24) is 16.2 Å². The van der Waals surface area contributed by atoms with Crippen molar-refractivity contribution in [2.45, 2.75) is 6.42 Å². The third kappa shape index (κ3) is 7.09. The zero-order valence-electron chi connectivity index (χ0n) is 13.2. The van der Waals surface area contributed by atoms with E-state index in [9.17, 15) is 14.0 Å². The van der Waals surface area contributed by atoms with Crippen molar-refractivity contribution in [3.05, 3.63) is 64.9 Å². The molecule has 3 N–H and O–H groups in total. The van der Waals surface area contributed by atoms with Gasteiger partial charge in [-0.3, -0.25) is 10.2 Å². The number of hydrogen-bond acceptors (Lipinski definition) is 3. The van der Waals surface area contributed by atoms with Gasteiger partial charge in [0.05, 0.1) is 13.0 Å². The number of carbonyl (C=O) groups is 2. The van der Waals surface area contributed by atoms with Crippen LogP contribution in [0.4, 0.5) is 9.18 Å². The lowest BCUT2D eigenvalue weighted by Crippen LogP contribution is -2.48. The van der Waals surface area contributed by atoms with Gasteiger partial charge in [-0.15, -0.1) is 0 Å². The van der Waals surface area contributed by atoms with Gasteiger partial charge in [0.25, 0.3) is 0 Å². The third-order valence-corrected chi connectivity index (χ3v) is 3.28. The molecule has 2 aromatic carbocycles. The summed E-state index contributed by atoms with van der Waals surface area (Å²) in [6.45, 7) is 0.490. The second-order valence-electron chi connectivity index (χ2n) is 5.04. The van der Waals surface area contributed by atoms with Crippen LogP contribution in [-0.2, 0) is 11.2 Å². The van der Waals surface area contributed by atoms with Crippen molar-refractivity contribution in [2.24, 2.45) is 0 Å². The van der Waals surface area contributed by atoms with E-state index >= 15 is 0 Å². The third-order valence-electron chi connectivity index (χ3n) is 3.05. The highest BCUT2D eigenvalue weighted by Crippen LogP contribution is 2.16. The molecule has 0 bridgehead atoms. The smallest absolute Gasteiger partial charge is 0.333 e. The first-order chi connectivity index (χ1) is 12.0. The molecule has 25 heavy (non-hydrogen) atoms. The topological polar surface area (TPSA) is 79.5 Å². The molecule has 2 aromatic rings. The number of benzene rings is 2. The highest BCUT2D eigenvalue weighted by molar-refractivity contribution is 6.30. The summed E-state index contributed by atoms with van der Waals surface area (Å²) in [6.07, 6.45) is 0.0262. The molecule has 0 aliphatic heterocycles. The Morgan fingerprint density at radius 1 is 1.08 bits per heavy atom. The maximum atomic E-state index is 12.8. The summed E-state index contributed by atoms with van der Waals surface area (Å²) in [4.78, 5) is 23.2. The lowest BCUT2D eigenvalue weighted by Gasteiger charge is -2.10. The van der Waals surface area contributed by atoms with Crippen molar-refractivity contribution >= 4 is 23.5 Å². The van der Waals surface area contributed by atoms with Crippen molar-refractivity contribution in [3.8, 4) is 5.75 Å². The monoisotopic (exact) mass is 365 g/mol. The molecule has 0 aliphatic rings. The van der Waals surface area contributed by atoms with Crippen LogP contribution in [0.3, 0.4) is 0 Å². The lowest BCUT2D eigenvalue weighted by molar-refractivity contribution is -0.121. The van der Waals surface area contributed by atoms with Crippen molar-refractivity contribution in [2.75, 3.05) is 13.2 Å². The zero-order valence-corrected chi connectivity index (χ0v) is 14.0. The minimum absolute atomic E-state index is 0.0262. The number of hydrazine groups is 1. The summed E-state index contributed by atoms with van der Waals surface area (Å²) >= 11 is 5.83. The van der Waals surface area contributed by atoms with Crippen LogP contribution in [0.2, 0.25) is 5.02 Å². The van der Waals surface area contributed by atoms with Crippen molar-refractivity contribution in [3.63, 3.8) is 0 Å². The fourth-order valence-electron chi connectivity index (χ4n) is 1.89. The summed E-state index contributed by atoms with van der Waals surface area (Å²) in [7, 11) is 0.